The van der Waals surface area contributed by atoms with E-state index in [2.05, 4.69) is 0 Å². The van der Waals surface area contributed by atoms with Crippen molar-refractivity contribution in [2.45, 2.75) is 24.8 Å². The number of rotatable bonds is 3. The predicted octanol–water partition coefficient (Wildman–Crippen LogP) is 3.72. The van der Waals surface area contributed by atoms with Gasteiger partial charge in [0.25, 0.3) is 0 Å². The van der Waals surface area contributed by atoms with Gasteiger partial charge in [0.2, 0.25) is 10.0 Å². The smallest absolute Gasteiger partial charge is 0.243 e. The number of ether oxygens (including phenoxy) is 1. The maximum Gasteiger partial charge on any atom is 0.243 e. The summed E-state index contributed by atoms with van der Waals surface area (Å²) < 4.78 is 33.0. The van der Waals surface area contributed by atoms with E-state index < -0.39 is 10.0 Å². The van der Waals surface area contributed by atoms with Crippen molar-refractivity contribution in [3.63, 3.8) is 0 Å². The van der Waals surface area contributed by atoms with Crippen molar-refractivity contribution in [3.05, 3.63) is 64.2 Å². The van der Waals surface area contributed by atoms with Gasteiger partial charge in [-0.2, -0.15) is 4.31 Å². The van der Waals surface area contributed by atoms with E-state index in [1.165, 1.54) is 10.4 Å². The van der Waals surface area contributed by atoms with Gasteiger partial charge in [-0.15, -0.1) is 0 Å². The molecule has 1 atom stereocenters. The SMILES string of the molecule is Cc1ccc(C2CN(S(=O)(=O)c3ccc(C)c(Cl)c3)CCO2)cc1. The Hall–Kier alpha value is -1.40. The Bertz CT molecular complexity index is 834. The van der Waals surface area contributed by atoms with Gasteiger partial charge < -0.3 is 4.74 Å². The van der Waals surface area contributed by atoms with Crippen LogP contribution in [0.5, 0.6) is 0 Å². The molecule has 0 spiro atoms. The molecule has 1 fully saturated rings. The molecule has 6 heteroatoms. The van der Waals surface area contributed by atoms with Gasteiger partial charge in [0.05, 0.1) is 17.6 Å². The lowest BCUT2D eigenvalue weighted by Crippen LogP contribution is -2.42. The van der Waals surface area contributed by atoms with E-state index in [1.807, 2.05) is 38.1 Å². The molecule has 0 aliphatic carbocycles. The van der Waals surface area contributed by atoms with Gasteiger partial charge >= 0.3 is 0 Å². The highest BCUT2D eigenvalue weighted by Crippen LogP contribution is 2.28. The van der Waals surface area contributed by atoms with Gasteiger partial charge in [-0.05, 0) is 37.1 Å². The quantitative estimate of drug-likeness (QED) is 0.832. The molecule has 1 saturated heterocycles. The lowest BCUT2D eigenvalue weighted by molar-refractivity contribution is -0.00256. The molecule has 3 rings (SSSR count). The topological polar surface area (TPSA) is 46.6 Å². The molecule has 0 bridgehead atoms. The summed E-state index contributed by atoms with van der Waals surface area (Å²) in [4.78, 5) is 0.225. The standard InChI is InChI=1S/C18H20ClNO3S/c1-13-3-6-15(7-4-13)18-12-20(9-10-23-18)24(21,22)16-8-5-14(2)17(19)11-16/h3-8,11,18H,9-10,12H2,1-2H3. The van der Waals surface area contributed by atoms with Crippen molar-refractivity contribution >= 4 is 21.6 Å². The molecule has 0 aromatic heterocycles. The number of sulfonamides is 1. The lowest BCUT2D eigenvalue weighted by atomic mass is 10.1. The van der Waals surface area contributed by atoms with Crippen molar-refractivity contribution in [2.75, 3.05) is 19.7 Å². The Balaban J connectivity index is 1.85. The number of nitrogens with zero attached hydrogens (tertiary/aromatic N) is 1. The average molecular weight is 366 g/mol. The monoisotopic (exact) mass is 365 g/mol. The summed E-state index contributed by atoms with van der Waals surface area (Å²) in [7, 11) is -3.58. The van der Waals surface area contributed by atoms with Gasteiger partial charge in [-0.3, -0.25) is 0 Å². The van der Waals surface area contributed by atoms with Gasteiger partial charge in [0.15, 0.2) is 0 Å². The second-order valence-corrected chi connectivity index (χ2v) is 8.39. The molecular weight excluding hydrogens is 346 g/mol. The average Bonchev–Trinajstić information content (AvgIpc) is 2.58. The zero-order valence-electron chi connectivity index (χ0n) is 13.7. The molecule has 2 aromatic carbocycles. The van der Waals surface area contributed by atoms with E-state index in [-0.39, 0.29) is 11.0 Å². The van der Waals surface area contributed by atoms with Crippen LogP contribution in [0.3, 0.4) is 0 Å². The highest BCUT2D eigenvalue weighted by Gasteiger charge is 2.31. The largest absolute Gasteiger partial charge is 0.371 e. The number of morpholine rings is 1. The van der Waals surface area contributed by atoms with Gasteiger partial charge in [0, 0.05) is 18.1 Å². The molecule has 2 aromatic rings. The predicted molar refractivity (Wildman–Crippen MR) is 94.8 cm³/mol. The van der Waals surface area contributed by atoms with Crippen LogP contribution in [-0.2, 0) is 14.8 Å². The minimum absolute atomic E-state index is 0.225. The van der Waals surface area contributed by atoms with Gasteiger partial charge in [-0.25, -0.2) is 8.42 Å². The molecule has 1 aliphatic heterocycles. The van der Waals surface area contributed by atoms with Crippen molar-refractivity contribution in [3.8, 4) is 0 Å². The molecule has 1 unspecified atom stereocenters. The lowest BCUT2D eigenvalue weighted by Gasteiger charge is -2.32. The summed E-state index contributed by atoms with van der Waals surface area (Å²) in [5, 5.41) is 0.458. The van der Waals surface area contributed by atoms with Crippen LogP contribution < -0.4 is 0 Å². The Morgan fingerprint density at radius 1 is 1.12 bits per heavy atom. The fourth-order valence-electron chi connectivity index (χ4n) is 2.71. The second-order valence-electron chi connectivity index (χ2n) is 6.04. The number of hydrogen-bond acceptors (Lipinski definition) is 3. The first-order valence-corrected chi connectivity index (χ1v) is 9.64. The normalized spacial score (nSPS) is 19.4. The first-order valence-electron chi connectivity index (χ1n) is 7.82. The third-order valence-corrected chi connectivity index (χ3v) is 6.53. The van der Waals surface area contributed by atoms with Crippen molar-refractivity contribution in [2.24, 2.45) is 0 Å². The van der Waals surface area contributed by atoms with E-state index >= 15 is 0 Å². The summed E-state index contributed by atoms with van der Waals surface area (Å²) >= 11 is 6.09. The number of aryl methyl sites for hydroxylation is 2. The molecule has 128 valence electrons. The minimum Gasteiger partial charge on any atom is -0.371 e. The third kappa shape index (κ3) is 3.49. The van der Waals surface area contributed by atoms with Crippen LogP contribution >= 0.6 is 11.6 Å². The van der Waals surface area contributed by atoms with E-state index in [9.17, 15) is 8.42 Å². The van der Waals surface area contributed by atoms with Crippen LogP contribution in [0, 0.1) is 13.8 Å². The van der Waals surface area contributed by atoms with Crippen molar-refractivity contribution in [1.29, 1.82) is 0 Å². The Morgan fingerprint density at radius 2 is 1.83 bits per heavy atom. The van der Waals surface area contributed by atoms with Crippen LogP contribution in [0.25, 0.3) is 0 Å². The Morgan fingerprint density at radius 3 is 2.50 bits per heavy atom. The maximum absolute atomic E-state index is 12.9. The van der Waals surface area contributed by atoms with Gasteiger partial charge in [0.1, 0.15) is 0 Å². The number of halogens is 1. The van der Waals surface area contributed by atoms with E-state index in [0.717, 1.165) is 16.7 Å². The second kappa shape index (κ2) is 6.84. The summed E-state index contributed by atoms with van der Waals surface area (Å²) in [6, 6.07) is 12.8. The zero-order valence-corrected chi connectivity index (χ0v) is 15.3. The van der Waals surface area contributed by atoms with Crippen LogP contribution in [0.1, 0.15) is 22.8 Å². The molecular formula is C18H20ClNO3S. The molecule has 4 nitrogen and oxygen atoms in total. The summed E-state index contributed by atoms with van der Waals surface area (Å²) in [6.45, 7) is 4.88. The fourth-order valence-corrected chi connectivity index (χ4v) is 4.41. The van der Waals surface area contributed by atoms with Crippen molar-refractivity contribution < 1.29 is 13.2 Å². The van der Waals surface area contributed by atoms with E-state index in [4.69, 9.17) is 16.3 Å². The summed E-state index contributed by atoms with van der Waals surface area (Å²) in [5.74, 6) is 0. The molecule has 1 heterocycles. The minimum atomic E-state index is -3.58. The molecule has 0 saturated carbocycles. The molecule has 24 heavy (non-hydrogen) atoms. The van der Waals surface area contributed by atoms with Crippen LogP contribution in [0.4, 0.5) is 0 Å². The Labute approximate surface area is 148 Å². The first-order chi connectivity index (χ1) is 11.4. The van der Waals surface area contributed by atoms with Crippen LogP contribution in [-0.4, -0.2) is 32.4 Å². The molecule has 0 N–H and O–H groups in total. The highest BCUT2D eigenvalue weighted by atomic mass is 35.5. The fraction of sp³-hybridized carbons (Fsp3) is 0.333. The molecule has 1 aliphatic rings. The Kier molecular flexibility index (Phi) is 4.97. The third-order valence-electron chi connectivity index (χ3n) is 4.26. The number of hydrogen-bond donors (Lipinski definition) is 0. The molecule has 0 amide bonds. The van der Waals surface area contributed by atoms with Crippen LogP contribution in [0.2, 0.25) is 5.02 Å². The maximum atomic E-state index is 12.9. The summed E-state index contributed by atoms with van der Waals surface area (Å²) in [6.07, 6.45) is -0.255. The van der Waals surface area contributed by atoms with E-state index in [0.29, 0.717) is 24.7 Å². The summed E-state index contributed by atoms with van der Waals surface area (Å²) in [5.41, 5.74) is 3.01. The van der Waals surface area contributed by atoms with Crippen molar-refractivity contribution in [1.82, 2.24) is 4.31 Å². The highest BCUT2D eigenvalue weighted by molar-refractivity contribution is 7.89. The first kappa shape index (κ1) is 17.4. The number of benzene rings is 2. The van der Waals surface area contributed by atoms with Gasteiger partial charge in [-0.1, -0.05) is 47.5 Å². The van der Waals surface area contributed by atoms with E-state index in [1.54, 1.807) is 12.1 Å². The zero-order chi connectivity index (χ0) is 17.3. The molecule has 0 radical (unpaired) electrons. The van der Waals surface area contributed by atoms with Crippen LogP contribution in [0.15, 0.2) is 47.4 Å².